The van der Waals surface area contributed by atoms with Gasteiger partial charge in [-0.15, -0.1) is 0 Å². The predicted octanol–water partition coefficient (Wildman–Crippen LogP) is 1.02. The quantitative estimate of drug-likeness (QED) is 0.780. The molecule has 0 spiro atoms. The minimum Gasteiger partial charge on any atom is -0.370 e. The summed E-state index contributed by atoms with van der Waals surface area (Å²) in [6.07, 6.45) is 4.68. The maximum absolute atomic E-state index is 12.1. The second-order valence-electron chi connectivity index (χ2n) is 5.62. The van der Waals surface area contributed by atoms with Crippen LogP contribution in [0.3, 0.4) is 0 Å². The molecule has 22 heavy (non-hydrogen) atoms. The predicted molar refractivity (Wildman–Crippen MR) is 83.0 cm³/mol. The molecule has 0 aliphatic carbocycles. The first kappa shape index (κ1) is 16.9. The van der Waals surface area contributed by atoms with Crippen LogP contribution < -0.4 is 0 Å². The summed E-state index contributed by atoms with van der Waals surface area (Å²) in [5, 5.41) is 0. The summed E-state index contributed by atoms with van der Waals surface area (Å²) >= 11 is 0. The summed E-state index contributed by atoms with van der Waals surface area (Å²) in [5.41, 5.74) is 0.864. The Kier molecular flexibility index (Phi) is 5.90. The molecule has 1 unspecified atom stereocenters. The number of likely N-dealkylation sites (tertiary alicyclic amines) is 1. The van der Waals surface area contributed by atoms with E-state index in [4.69, 9.17) is 4.74 Å². The Morgan fingerprint density at radius 2 is 2.27 bits per heavy atom. The van der Waals surface area contributed by atoms with Crippen molar-refractivity contribution >= 4 is 15.7 Å². The van der Waals surface area contributed by atoms with E-state index in [-0.39, 0.29) is 24.2 Å². The first-order valence-corrected chi connectivity index (χ1v) is 9.47. The lowest BCUT2D eigenvalue weighted by Gasteiger charge is -2.32. The maximum atomic E-state index is 12.1. The molecule has 0 aromatic carbocycles. The minimum absolute atomic E-state index is 0.0158. The molecule has 0 radical (unpaired) electrons. The molecular formula is C15H22N2O4S. The van der Waals surface area contributed by atoms with Crippen molar-refractivity contribution in [3.8, 4) is 0 Å². The fraction of sp³-hybridized carbons (Fsp3) is 0.600. The van der Waals surface area contributed by atoms with Crippen LogP contribution in [0.15, 0.2) is 24.4 Å². The Balaban J connectivity index is 1.80. The van der Waals surface area contributed by atoms with E-state index in [9.17, 15) is 13.2 Å². The molecule has 1 aromatic heterocycles. The highest BCUT2D eigenvalue weighted by molar-refractivity contribution is 7.90. The van der Waals surface area contributed by atoms with Gasteiger partial charge in [-0.25, -0.2) is 8.42 Å². The number of pyridine rings is 1. The molecule has 7 heteroatoms. The van der Waals surface area contributed by atoms with E-state index in [1.54, 1.807) is 11.1 Å². The number of hydrogen-bond acceptors (Lipinski definition) is 5. The van der Waals surface area contributed by atoms with Crippen LogP contribution in [-0.4, -0.2) is 55.4 Å². The van der Waals surface area contributed by atoms with Gasteiger partial charge in [0.05, 0.1) is 24.2 Å². The highest BCUT2D eigenvalue weighted by Gasteiger charge is 2.24. The van der Waals surface area contributed by atoms with Crippen LogP contribution in [-0.2, 0) is 26.0 Å². The SMILES string of the molecule is CS(=O)(=O)CCC(=O)N1CCCC(OCc2ccccn2)C1. The molecule has 1 aliphatic heterocycles. The molecule has 2 heterocycles. The van der Waals surface area contributed by atoms with Gasteiger partial charge in [-0.1, -0.05) is 6.07 Å². The van der Waals surface area contributed by atoms with E-state index in [0.717, 1.165) is 24.8 Å². The van der Waals surface area contributed by atoms with Gasteiger partial charge in [0.2, 0.25) is 5.91 Å². The highest BCUT2D eigenvalue weighted by atomic mass is 32.2. The maximum Gasteiger partial charge on any atom is 0.223 e. The van der Waals surface area contributed by atoms with E-state index >= 15 is 0 Å². The zero-order valence-corrected chi connectivity index (χ0v) is 13.6. The van der Waals surface area contributed by atoms with Gasteiger partial charge in [-0.05, 0) is 25.0 Å². The topological polar surface area (TPSA) is 76.6 Å². The zero-order chi connectivity index (χ0) is 16.0. The molecule has 0 saturated carbocycles. The van der Waals surface area contributed by atoms with Gasteiger partial charge in [-0.3, -0.25) is 9.78 Å². The number of carbonyl (C=O) groups is 1. The molecule has 0 N–H and O–H groups in total. The molecule has 1 atom stereocenters. The van der Waals surface area contributed by atoms with Crippen molar-refractivity contribution in [3.05, 3.63) is 30.1 Å². The number of ether oxygens (including phenoxy) is 1. The van der Waals surface area contributed by atoms with Gasteiger partial charge >= 0.3 is 0 Å². The fourth-order valence-electron chi connectivity index (χ4n) is 2.42. The highest BCUT2D eigenvalue weighted by Crippen LogP contribution is 2.15. The number of rotatable bonds is 6. The molecule has 6 nitrogen and oxygen atoms in total. The summed E-state index contributed by atoms with van der Waals surface area (Å²) in [4.78, 5) is 18.0. The Hall–Kier alpha value is -1.47. The van der Waals surface area contributed by atoms with Gasteiger partial charge in [0, 0.05) is 32.0 Å². The third-order valence-corrected chi connectivity index (χ3v) is 4.56. The van der Waals surface area contributed by atoms with E-state index in [1.165, 1.54) is 0 Å². The first-order valence-electron chi connectivity index (χ1n) is 7.41. The smallest absolute Gasteiger partial charge is 0.223 e. The molecule has 1 saturated heterocycles. The third-order valence-electron chi connectivity index (χ3n) is 3.61. The number of carbonyl (C=O) groups excluding carboxylic acids is 1. The Labute approximate surface area is 131 Å². The van der Waals surface area contributed by atoms with Gasteiger partial charge in [0.25, 0.3) is 0 Å². The van der Waals surface area contributed by atoms with Crippen LogP contribution in [0, 0.1) is 0 Å². The first-order chi connectivity index (χ1) is 10.4. The van der Waals surface area contributed by atoms with Crippen molar-refractivity contribution in [2.24, 2.45) is 0 Å². The average molecular weight is 326 g/mol. The fourth-order valence-corrected chi connectivity index (χ4v) is 2.96. The number of piperidine rings is 1. The Bertz CT molecular complexity index is 589. The van der Waals surface area contributed by atoms with Crippen molar-refractivity contribution < 1.29 is 17.9 Å². The molecule has 1 fully saturated rings. The summed E-state index contributed by atoms with van der Waals surface area (Å²) in [7, 11) is -3.10. The summed E-state index contributed by atoms with van der Waals surface area (Å²) in [5.74, 6) is -0.210. The van der Waals surface area contributed by atoms with E-state index in [2.05, 4.69) is 4.98 Å². The lowest BCUT2D eigenvalue weighted by atomic mass is 10.1. The third kappa shape index (κ3) is 5.73. The van der Waals surface area contributed by atoms with Gasteiger partial charge in [0.15, 0.2) is 0 Å². The van der Waals surface area contributed by atoms with Crippen LogP contribution in [0.4, 0.5) is 0 Å². The molecule has 2 rings (SSSR count). The molecule has 1 aromatic rings. The van der Waals surface area contributed by atoms with Crippen LogP contribution in [0.1, 0.15) is 25.0 Å². The van der Waals surface area contributed by atoms with Crippen LogP contribution in [0.2, 0.25) is 0 Å². The number of sulfone groups is 1. The van der Waals surface area contributed by atoms with E-state index in [0.29, 0.717) is 19.7 Å². The van der Waals surface area contributed by atoms with Gasteiger partial charge in [-0.2, -0.15) is 0 Å². The number of aromatic nitrogens is 1. The summed E-state index contributed by atoms with van der Waals surface area (Å²) in [6, 6.07) is 5.66. The number of amides is 1. The normalized spacial score (nSPS) is 19.1. The minimum atomic E-state index is -3.10. The second-order valence-corrected chi connectivity index (χ2v) is 7.88. The van der Waals surface area contributed by atoms with Crippen LogP contribution in [0.5, 0.6) is 0 Å². The Morgan fingerprint density at radius 1 is 1.45 bits per heavy atom. The van der Waals surface area contributed by atoms with Crippen molar-refractivity contribution in [2.45, 2.75) is 32.0 Å². The zero-order valence-electron chi connectivity index (χ0n) is 12.8. The largest absolute Gasteiger partial charge is 0.370 e. The molecular weight excluding hydrogens is 304 g/mol. The van der Waals surface area contributed by atoms with Gasteiger partial charge in [0.1, 0.15) is 9.84 Å². The standard InChI is InChI=1S/C15H22N2O4S/c1-22(19,20)10-7-15(18)17-9-4-6-14(11-17)21-12-13-5-2-3-8-16-13/h2-3,5,8,14H,4,6-7,9-12H2,1H3. The average Bonchev–Trinajstić information content (AvgIpc) is 2.51. The second kappa shape index (κ2) is 7.69. The van der Waals surface area contributed by atoms with Crippen molar-refractivity contribution in [3.63, 3.8) is 0 Å². The van der Waals surface area contributed by atoms with E-state index in [1.807, 2.05) is 18.2 Å². The van der Waals surface area contributed by atoms with Crippen molar-refractivity contribution in [1.29, 1.82) is 0 Å². The van der Waals surface area contributed by atoms with Crippen LogP contribution in [0.25, 0.3) is 0 Å². The number of hydrogen-bond donors (Lipinski definition) is 0. The van der Waals surface area contributed by atoms with Crippen LogP contribution >= 0.6 is 0 Å². The summed E-state index contributed by atoms with van der Waals surface area (Å²) < 4.78 is 28.1. The Morgan fingerprint density at radius 3 is 2.95 bits per heavy atom. The lowest BCUT2D eigenvalue weighted by molar-refractivity contribution is -0.135. The number of nitrogens with zero attached hydrogens (tertiary/aromatic N) is 2. The lowest BCUT2D eigenvalue weighted by Crippen LogP contribution is -2.43. The van der Waals surface area contributed by atoms with E-state index < -0.39 is 9.84 Å². The van der Waals surface area contributed by atoms with Crippen molar-refractivity contribution in [2.75, 3.05) is 25.1 Å². The summed E-state index contributed by atoms with van der Waals surface area (Å²) in [6.45, 7) is 1.62. The monoisotopic (exact) mass is 326 g/mol. The molecule has 122 valence electrons. The molecule has 0 bridgehead atoms. The molecule has 1 aliphatic rings. The van der Waals surface area contributed by atoms with Crippen molar-refractivity contribution in [1.82, 2.24) is 9.88 Å². The molecule has 1 amide bonds. The van der Waals surface area contributed by atoms with Gasteiger partial charge < -0.3 is 9.64 Å².